The van der Waals surface area contributed by atoms with Gasteiger partial charge in [0.1, 0.15) is 6.04 Å². The molecule has 0 aliphatic rings. The van der Waals surface area contributed by atoms with Gasteiger partial charge in [-0.15, -0.1) is 0 Å². The Morgan fingerprint density at radius 3 is 2.24 bits per heavy atom. The fourth-order valence-corrected chi connectivity index (χ4v) is 3.65. The van der Waals surface area contributed by atoms with E-state index in [1.165, 1.54) is 26.2 Å². The maximum Gasteiger partial charge on any atom is 0.247 e. The average molecular weight is 418 g/mol. The van der Waals surface area contributed by atoms with Gasteiger partial charge in [-0.2, -0.15) is 0 Å². The van der Waals surface area contributed by atoms with E-state index in [0.29, 0.717) is 5.69 Å². The lowest BCUT2D eigenvalue weighted by Gasteiger charge is -2.22. The van der Waals surface area contributed by atoms with Crippen molar-refractivity contribution in [3.8, 4) is 0 Å². The largest absolute Gasteiger partial charge is 0.344 e. The zero-order valence-electron chi connectivity index (χ0n) is 17.0. The highest BCUT2D eigenvalue weighted by Gasteiger charge is 2.25. The molecule has 0 heterocycles. The minimum absolute atomic E-state index is 0.0783. The van der Waals surface area contributed by atoms with Crippen LogP contribution in [0.4, 0.5) is 5.69 Å². The molecular formula is C21H27N3O4S. The van der Waals surface area contributed by atoms with Crippen molar-refractivity contribution in [2.45, 2.75) is 31.2 Å². The number of sulfonamides is 1. The van der Waals surface area contributed by atoms with Crippen molar-refractivity contribution in [3.63, 3.8) is 0 Å². The molecular weight excluding hydrogens is 390 g/mol. The van der Waals surface area contributed by atoms with Crippen LogP contribution in [0, 0.1) is 5.92 Å². The molecule has 2 amide bonds. The molecule has 0 saturated heterocycles. The van der Waals surface area contributed by atoms with Crippen LogP contribution < -0.4 is 10.6 Å². The van der Waals surface area contributed by atoms with Crippen molar-refractivity contribution >= 4 is 27.5 Å². The smallest absolute Gasteiger partial charge is 0.247 e. The first-order valence-corrected chi connectivity index (χ1v) is 10.7. The molecule has 2 rings (SSSR count). The van der Waals surface area contributed by atoms with Crippen LogP contribution in [0.5, 0.6) is 0 Å². The number of rotatable bonds is 8. The van der Waals surface area contributed by atoms with E-state index in [1.54, 1.807) is 12.1 Å². The molecule has 0 fully saturated rings. The van der Waals surface area contributed by atoms with E-state index < -0.39 is 22.0 Å². The highest BCUT2D eigenvalue weighted by atomic mass is 32.2. The molecule has 0 spiro atoms. The number of hydrogen-bond donors (Lipinski definition) is 2. The molecule has 7 nitrogen and oxygen atoms in total. The molecule has 156 valence electrons. The van der Waals surface area contributed by atoms with E-state index >= 15 is 0 Å². The van der Waals surface area contributed by atoms with Crippen LogP contribution in [-0.2, 0) is 26.0 Å². The third-order valence-electron chi connectivity index (χ3n) is 4.35. The van der Waals surface area contributed by atoms with Gasteiger partial charge in [-0.3, -0.25) is 9.59 Å². The summed E-state index contributed by atoms with van der Waals surface area (Å²) in [6, 6.07) is 14.6. The fraction of sp³-hybridized carbons (Fsp3) is 0.333. The molecule has 0 saturated carbocycles. The lowest BCUT2D eigenvalue weighted by atomic mass is 10.0. The quantitative estimate of drug-likeness (QED) is 0.689. The molecule has 0 aliphatic carbocycles. The Bertz CT molecular complexity index is 957. The van der Waals surface area contributed by atoms with Crippen molar-refractivity contribution in [1.29, 1.82) is 0 Å². The standard InChI is InChI=1S/C21H27N3O4S/c1-15(2)20(23-19(25)13-16-9-6-5-7-10-16)21(26)22-17-11-8-12-18(14-17)29(27,28)24(3)4/h5-12,14-15,20H,13H2,1-4H3,(H,22,26)(H,23,25)/t20-/m0/s1. The van der Waals surface area contributed by atoms with Crippen LogP contribution >= 0.6 is 0 Å². The van der Waals surface area contributed by atoms with Crippen molar-refractivity contribution in [3.05, 3.63) is 60.2 Å². The zero-order chi connectivity index (χ0) is 21.6. The zero-order valence-corrected chi connectivity index (χ0v) is 17.9. The molecule has 8 heteroatoms. The van der Waals surface area contributed by atoms with Gasteiger partial charge >= 0.3 is 0 Å². The van der Waals surface area contributed by atoms with Gasteiger partial charge in [0.05, 0.1) is 11.3 Å². The summed E-state index contributed by atoms with van der Waals surface area (Å²) in [5.41, 5.74) is 1.20. The van der Waals surface area contributed by atoms with Crippen molar-refractivity contribution in [1.82, 2.24) is 9.62 Å². The lowest BCUT2D eigenvalue weighted by Crippen LogP contribution is -2.47. The van der Waals surface area contributed by atoms with Crippen LogP contribution in [0.3, 0.4) is 0 Å². The second-order valence-corrected chi connectivity index (χ2v) is 9.41. The van der Waals surface area contributed by atoms with E-state index in [0.717, 1.165) is 9.87 Å². The average Bonchev–Trinajstić information content (AvgIpc) is 2.66. The van der Waals surface area contributed by atoms with Gasteiger partial charge < -0.3 is 10.6 Å². The van der Waals surface area contributed by atoms with E-state index in [2.05, 4.69) is 10.6 Å². The molecule has 1 atom stereocenters. The second kappa shape index (κ2) is 9.67. The summed E-state index contributed by atoms with van der Waals surface area (Å²) < 4.78 is 25.7. The minimum Gasteiger partial charge on any atom is -0.344 e. The Kier molecular flexibility index (Phi) is 7.53. The molecule has 0 aromatic heterocycles. The van der Waals surface area contributed by atoms with Gasteiger partial charge in [0, 0.05) is 19.8 Å². The Morgan fingerprint density at radius 2 is 1.66 bits per heavy atom. The van der Waals surface area contributed by atoms with Crippen LogP contribution in [0.1, 0.15) is 19.4 Å². The highest BCUT2D eigenvalue weighted by molar-refractivity contribution is 7.89. The summed E-state index contributed by atoms with van der Waals surface area (Å²) in [7, 11) is -0.729. The van der Waals surface area contributed by atoms with Crippen molar-refractivity contribution in [2.24, 2.45) is 5.92 Å². The number of carbonyl (C=O) groups excluding carboxylic acids is 2. The van der Waals surface area contributed by atoms with Crippen LogP contribution in [0.25, 0.3) is 0 Å². The topological polar surface area (TPSA) is 95.6 Å². The van der Waals surface area contributed by atoms with Crippen LogP contribution in [0.2, 0.25) is 0 Å². The summed E-state index contributed by atoms with van der Waals surface area (Å²) in [6.45, 7) is 3.67. The Balaban J connectivity index is 2.11. The summed E-state index contributed by atoms with van der Waals surface area (Å²) in [4.78, 5) is 25.2. The molecule has 0 unspecified atom stereocenters. The first kappa shape index (κ1) is 22.6. The van der Waals surface area contributed by atoms with Gasteiger partial charge in [0.15, 0.2) is 0 Å². The van der Waals surface area contributed by atoms with E-state index in [-0.39, 0.29) is 23.1 Å². The summed E-state index contributed by atoms with van der Waals surface area (Å²) in [5, 5.41) is 5.48. The Morgan fingerprint density at radius 1 is 1.00 bits per heavy atom. The molecule has 0 aliphatic heterocycles. The number of anilines is 1. The Labute approximate surface area is 172 Å². The summed E-state index contributed by atoms with van der Waals surface area (Å²) in [6.07, 6.45) is 0.175. The maximum absolute atomic E-state index is 12.8. The van der Waals surface area contributed by atoms with Crippen molar-refractivity contribution in [2.75, 3.05) is 19.4 Å². The number of nitrogens with zero attached hydrogens (tertiary/aromatic N) is 1. The maximum atomic E-state index is 12.8. The van der Waals surface area contributed by atoms with Crippen LogP contribution in [-0.4, -0.2) is 44.7 Å². The third-order valence-corrected chi connectivity index (χ3v) is 6.16. The minimum atomic E-state index is -3.61. The number of amides is 2. The van der Waals surface area contributed by atoms with Gasteiger partial charge in [-0.25, -0.2) is 12.7 Å². The fourth-order valence-electron chi connectivity index (χ4n) is 2.71. The van der Waals surface area contributed by atoms with Gasteiger partial charge in [-0.1, -0.05) is 50.2 Å². The highest BCUT2D eigenvalue weighted by Crippen LogP contribution is 2.18. The normalized spacial score (nSPS) is 12.6. The van der Waals surface area contributed by atoms with E-state index in [1.807, 2.05) is 44.2 Å². The number of nitrogens with one attached hydrogen (secondary N) is 2. The molecule has 2 N–H and O–H groups in total. The van der Waals surface area contributed by atoms with Gasteiger partial charge in [0.25, 0.3) is 0 Å². The van der Waals surface area contributed by atoms with Gasteiger partial charge in [-0.05, 0) is 29.7 Å². The predicted molar refractivity (Wildman–Crippen MR) is 113 cm³/mol. The monoisotopic (exact) mass is 417 g/mol. The molecule has 0 radical (unpaired) electrons. The predicted octanol–water partition coefficient (Wildman–Crippen LogP) is 2.26. The SMILES string of the molecule is CC(C)[C@H](NC(=O)Cc1ccccc1)C(=O)Nc1cccc(S(=O)(=O)N(C)C)c1. The lowest BCUT2D eigenvalue weighted by molar-refractivity contribution is -0.127. The van der Waals surface area contributed by atoms with Gasteiger partial charge in [0.2, 0.25) is 21.8 Å². The number of benzene rings is 2. The van der Waals surface area contributed by atoms with E-state index in [9.17, 15) is 18.0 Å². The third kappa shape index (κ3) is 6.13. The summed E-state index contributed by atoms with van der Waals surface area (Å²) >= 11 is 0. The first-order chi connectivity index (χ1) is 13.6. The van der Waals surface area contributed by atoms with Crippen molar-refractivity contribution < 1.29 is 18.0 Å². The summed E-state index contributed by atoms with van der Waals surface area (Å²) in [5.74, 6) is -0.807. The van der Waals surface area contributed by atoms with E-state index in [4.69, 9.17) is 0 Å². The molecule has 2 aromatic rings. The number of hydrogen-bond acceptors (Lipinski definition) is 4. The first-order valence-electron chi connectivity index (χ1n) is 9.28. The molecule has 29 heavy (non-hydrogen) atoms. The molecule has 2 aromatic carbocycles. The number of carbonyl (C=O) groups is 2. The van der Waals surface area contributed by atoms with Crippen LogP contribution in [0.15, 0.2) is 59.5 Å². The Hall–Kier alpha value is -2.71. The second-order valence-electron chi connectivity index (χ2n) is 7.26. The molecule has 0 bridgehead atoms.